The molecule has 0 aliphatic heterocycles. The molecule has 0 radical (unpaired) electrons. The fourth-order valence-electron chi connectivity index (χ4n) is 2.74. The van der Waals surface area contributed by atoms with Crippen LogP contribution in [0.5, 0.6) is 5.75 Å². The van der Waals surface area contributed by atoms with Crippen molar-refractivity contribution in [2.45, 2.75) is 45.1 Å². The molecule has 1 aromatic heterocycles. The largest absolute Gasteiger partial charge is 0.542 e. The first-order chi connectivity index (χ1) is 15.7. The highest BCUT2D eigenvalue weighted by Crippen LogP contribution is 2.40. The Bertz CT molecular complexity index is 1190. The average Bonchev–Trinajstić information content (AvgIpc) is 2.74. The predicted molar refractivity (Wildman–Crippen MR) is 130 cm³/mol. The number of rotatable bonds is 5. The van der Waals surface area contributed by atoms with E-state index in [0.717, 1.165) is 12.1 Å². The third-order valence-electron chi connectivity index (χ3n) is 5.74. The van der Waals surface area contributed by atoms with Crippen LogP contribution in [0.1, 0.15) is 36.8 Å². The Labute approximate surface area is 202 Å². The fraction of sp³-hybridized carbons (Fsp3) is 0.292. The number of hydrogen-bond acceptors (Lipinski definition) is 4. The molecule has 1 heterocycles. The van der Waals surface area contributed by atoms with Crippen LogP contribution in [0.25, 0.3) is 11.3 Å². The highest BCUT2D eigenvalue weighted by molar-refractivity contribution is 6.74. The summed E-state index contributed by atoms with van der Waals surface area (Å²) in [7, 11) is -2.22. The van der Waals surface area contributed by atoms with Crippen molar-refractivity contribution < 1.29 is 22.4 Å². The molecule has 180 valence electrons. The van der Waals surface area contributed by atoms with Gasteiger partial charge >= 0.3 is 6.18 Å². The van der Waals surface area contributed by atoms with Crippen LogP contribution in [0, 0.1) is 0 Å². The minimum atomic E-state index is -4.44. The van der Waals surface area contributed by atoms with E-state index in [1.165, 1.54) is 24.5 Å². The molecule has 5 nitrogen and oxygen atoms in total. The summed E-state index contributed by atoms with van der Waals surface area (Å²) >= 11 is 6.17. The first-order valence-electron chi connectivity index (χ1n) is 10.5. The molecule has 10 heteroatoms. The van der Waals surface area contributed by atoms with Gasteiger partial charge in [0, 0.05) is 10.6 Å². The molecule has 0 bridgehead atoms. The number of hydrogen-bond donors (Lipinski definition) is 1. The van der Waals surface area contributed by atoms with Gasteiger partial charge in [-0.25, -0.2) is 4.98 Å². The second-order valence-electron chi connectivity index (χ2n) is 9.32. The van der Waals surface area contributed by atoms with Gasteiger partial charge in [0.1, 0.15) is 11.4 Å². The Hall–Kier alpha value is -2.91. The summed E-state index contributed by atoms with van der Waals surface area (Å²) in [5.41, 5.74) is 0.348. The van der Waals surface area contributed by atoms with Gasteiger partial charge in [-0.3, -0.25) is 9.78 Å². The summed E-state index contributed by atoms with van der Waals surface area (Å²) in [6, 6.07) is 9.44. The Kier molecular flexibility index (Phi) is 7.09. The molecule has 0 unspecified atom stereocenters. The predicted octanol–water partition coefficient (Wildman–Crippen LogP) is 7.45. The smallest absolute Gasteiger partial charge is 0.416 e. The maximum Gasteiger partial charge on any atom is 0.416 e. The molecule has 2 aromatic carbocycles. The summed E-state index contributed by atoms with van der Waals surface area (Å²) in [6.07, 6.45) is -1.77. The molecule has 0 saturated carbocycles. The molecular weight excluding hydrogens is 483 g/mol. The van der Waals surface area contributed by atoms with Crippen molar-refractivity contribution in [1.29, 1.82) is 0 Å². The van der Waals surface area contributed by atoms with Gasteiger partial charge in [-0.05, 0) is 48.5 Å². The number of amides is 1. The number of alkyl halides is 3. The average molecular weight is 508 g/mol. The van der Waals surface area contributed by atoms with E-state index < -0.39 is 26.0 Å². The van der Waals surface area contributed by atoms with Crippen LogP contribution in [0.15, 0.2) is 54.9 Å². The second kappa shape index (κ2) is 9.38. The Morgan fingerprint density at radius 3 is 2.26 bits per heavy atom. The molecule has 1 amide bonds. The highest BCUT2D eigenvalue weighted by atomic mass is 35.5. The van der Waals surface area contributed by atoms with Gasteiger partial charge in [-0.2, -0.15) is 13.2 Å². The lowest BCUT2D eigenvalue weighted by molar-refractivity contribution is -0.137. The van der Waals surface area contributed by atoms with Gasteiger partial charge in [-0.1, -0.05) is 44.5 Å². The van der Waals surface area contributed by atoms with Crippen molar-refractivity contribution in [3.8, 4) is 17.0 Å². The van der Waals surface area contributed by atoms with Gasteiger partial charge in [0.15, 0.2) is 0 Å². The standard InChI is InChI=1S/C24H25ClF3N3O2Si/c1-23(2,3)34(4,5)33-21-12-17(25)10-11-18(21)31-22(32)20-14-29-13-19(30-20)15-6-8-16(9-7-15)24(26,27)28/h6-14H,1-5H3,(H,31,32). The van der Waals surface area contributed by atoms with Crippen LogP contribution in [0.2, 0.25) is 23.2 Å². The van der Waals surface area contributed by atoms with Gasteiger partial charge in [0.2, 0.25) is 0 Å². The molecule has 0 aliphatic carbocycles. The van der Waals surface area contributed by atoms with Crippen LogP contribution < -0.4 is 9.74 Å². The van der Waals surface area contributed by atoms with Gasteiger partial charge in [0.25, 0.3) is 14.2 Å². The van der Waals surface area contributed by atoms with Crippen LogP contribution >= 0.6 is 11.6 Å². The molecule has 0 atom stereocenters. The monoisotopic (exact) mass is 507 g/mol. The number of carbonyl (C=O) groups excluding carboxylic acids is 1. The van der Waals surface area contributed by atoms with Crippen molar-refractivity contribution in [3.05, 3.63) is 71.1 Å². The van der Waals surface area contributed by atoms with Crippen LogP contribution in [-0.2, 0) is 6.18 Å². The molecule has 0 saturated heterocycles. The van der Waals surface area contributed by atoms with E-state index in [1.807, 2.05) is 0 Å². The molecule has 3 rings (SSSR count). The van der Waals surface area contributed by atoms with E-state index in [9.17, 15) is 18.0 Å². The van der Waals surface area contributed by atoms with E-state index in [2.05, 4.69) is 49.1 Å². The Morgan fingerprint density at radius 2 is 1.68 bits per heavy atom. The van der Waals surface area contributed by atoms with Crippen molar-refractivity contribution in [3.63, 3.8) is 0 Å². The number of anilines is 1. The van der Waals surface area contributed by atoms with Crippen LogP contribution in [-0.4, -0.2) is 24.2 Å². The lowest BCUT2D eigenvalue weighted by Gasteiger charge is -2.37. The van der Waals surface area contributed by atoms with Crippen molar-refractivity contribution in [2.75, 3.05) is 5.32 Å². The summed E-state index contributed by atoms with van der Waals surface area (Å²) in [5.74, 6) is -0.0806. The number of nitrogens with zero attached hydrogens (tertiary/aromatic N) is 2. The number of halogens is 4. The summed E-state index contributed by atoms with van der Waals surface area (Å²) in [6.45, 7) is 10.5. The maximum atomic E-state index is 12.9. The van der Waals surface area contributed by atoms with Gasteiger partial charge in [0.05, 0.1) is 29.3 Å². The number of nitrogens with one attached hydrogen (secondary N) is 1. The van der Waals surface area contributed by atoms with E-state index in [-0.39, 0.29) is 16.4 Å². The lowest BCUT2D eigenvalue weighted by Crippen LogP contribution is -2.44. The Morgan fingerprint density at radius 1 is 1.03 bits per heavy atom. The summed E-state index contributed by atoms with van der Waals surface area (Å²) in [5, 5.41) is 3.18. The third-order valence-corrected chi connectivity index (χ3v) is 10.3. The van der Waals surface area contributed by atoms with Gasteiger partial charge < -0.3 is 9.74 Å². The second-order valence-corrected chi connectivity index (χ2v) is 14.5. The molecule has 1 N–H and O–H groups in total. The van der Waals surface area contributed by atoms with E-state index in [0.29, 0.717) is 22.0 Å². The van der Waals surface area contributed by atoms with Gasteiger partial charge in [-0.15, -0.1) is 0 Å². The molecule has 0 spiro atoms. The maximum absolute atomic E-state index is 12.9. The van der Waals surface area contributed by atoms with Crippen molar-refractivity contribution >= 4 is 31.5 Å². The van der Waals surface area contributed by atoms with E-state index >= 15 is 0 Å². The minimum absolute atomic E-state index is 0.00521. The molecular formula is C24H25ClF3N3O2Si. The molecule has 3 aromatic rings. The zero-order valence-electron chi connectivity index (χ0n) is 19.4. The van der Waals surface area contributed by atoms with Crippen LogP contribution in [0.3, 0.4) is 0 Å². The first kappa shape index (κ1) is 25.7. The molecule has 0 aliphatic rings. The minimum Gasteiger partial charge on any atom is -0.542 e. The number of carbonyl (C=O) groups is 1. The quantitative estimate of drug-likeness (QED) is 0.364. The third kappa shape index (κ3) is 5.95. The topological polar surface area (TPSA) is 64.1 Å². The van der Waals surface area contributed by atoms with Crippen molar-refractivity contribution in [2.24, 2.45) is 0 Å². The molecule has 0 fully saturated rings. The highest BCUT2D eigenvalue weighted by Gasteiger charge is 2.39. The zero-order valence-corrected chi connectivity index (χ0v) is 21.2. The summed E-state index contributed by atoms with van der Waals surface area (Å²) in [4.78, 5) is 21.3. The first-order valence-corrected chi connectivity index (χ1v) is 13.8. The van der Waals surface area contributed by atoms with E-state index in [4.69, 9.17) is 16.0 Å². The normalized spacial score (nSPS) is 12.4. The SMILES string of the molecule is CC(C)(C)[Si](C)(C)Oc1cc(Cl)ccc1NC(=O)c1cncc(-c2ccc(C(F)(F)F)cc2)n1. The zero-order chi connectivity index (χ0) is 25.3. The lowest BCUT2D eigenvalue weighted by atomic mass is 10.1. The number of aromatic nitrogens is 2. The summed E-state index contributed by atoms with van der Waals surface area (Å²) < 4.78 is 44.8. The van der Waals surface area contributed by atoms with E-state index in [1.54, 1.807) is 18.2 Å². The number of benzene rings is 2. The van der Waals surface area contributed by atoms with Crippen molar-refractivity contribution in [1.82, 2.24) is 9.97 Å². The molecule has 34 heavy (non-hydrogen) atoms. The Balaban J connectivity index is 1.86. The fourth-order valence-corrected chi connectivity index (χ4v) is 3.93. The van der Waals surface area contributed by atoms with Crippen LogP contribution in [0.4, 0.5) is 18.9 Å².